The molecule has 142 valence electrons. The predicted molar refractivity (Wildman–Crippen MR) is 115 cm³/mol. The molecule has 7 heteroatoms. The second-order valence-electron chi connectivity index (χ2n) is 6.20. The predicted octanol–water partition coefficient (Wildman–Crippen LogP) is 6.45. The fourth-order valence-corrected chi connectivity index (χ4v) is 4.28. The summed E-state index contributed by atoms with van der Waals surface area (Å²) >= 11 is 11.4. The summed E-state index contributed by atoms with van der Waals surface area (Å²) in [5, 5.41) is 10.2. The molecule has 0 aliphatic heterocycles. The van der Waals surface area contributed by atoms with Gasteiger partial charge < -0.3 is 9.30 Å². The minimum atomic E-state index is -0.253. The number of aromatic nitrogens is 3. The lowest BCUT2D eigenvalue weighted by molar-refractivity contribution is 0.210. The monoisotopic (exact) mass is 465 g/mol. The van der Waals surface area contributed by atoms with Crippen molar-refractivity contribution in [2.75, 3.05) is 0 Å². The first kappa shape index (κ1) is 20.2. The quantitative estimate of drug-likeness (QED) is 0.375. The molecule has 1 aromatic heterocycles. The SMILES string of the molecule is CCn1c(SCc2cccc(Br)c2)nnc1C(C)Oc1cc(C)ccc1Cl. The maximum Gasteiger partial charge on any atom is 0.191 e. The molecule has 0 radical (unpaired) electrons. The van der Waals surface area contributed by atoms with Gasteiger partial charge in [-0.25, -0.2) is 0 Å². The number of hydrogen-bond acceptors (Lipinski definition) is 4. The average molecular weight is 467 g/mol. The van der Waals surface area contributed by atoms with Gasteiger partial charge in [-0.15, -0.1) is 10.2 Å². The zero-order valence-corrected chi connectivity index (χ0v) is 18.6. The smallest absolute Gasteiger partial charge is 0.191 e. The van der Waals surface area contributed by atoms with E-state index in [2.05, 4.69) is 49.8 Å². The number of benzene rings is 2. The summed E-state index contributed by atoms with van der Waals surface area (Å²) in [7, 11) is 0. The molecule has 0 saturated heterocycles. The first-order valence-electron chi connectivity index (χ1n) is 8.71. The number of ether oxygens (including phenoxy) is 1. The highest BCUT2D eigenvalue weighted by molar-refractivity contribution is 9.10. The van der Waals surface area contributed by atoms with E-state index in [4.69, 9.17) is 16.3 Å². The molecule has 2 aromatic carbocycles. The lowest BCUT2D eigenvalue weighted by Gasteiger charge is -2.17. The Labute approximate surface area is 177 Å². The van der Waals surface area contributed by atoms with Crippen LogP contribution in [0.5, 0.6) is 5.75 Å². The molecule has 1 unspecified atom stereocenters. The Balaban J connectivity index is 1.75. The van der Waals surface area contributed by atoms with Gasteiger partial charge in [-0.3, -0.25) is 0 Å². The minimum absolute atomic E-state index is 0.253. The van der Waals surface area contributed by atoms with Crippen LogP contribution < -0.4 is 4.74 Å². The van der Waals surface area contributed by atoms with Gasteiger partial charge in [-0.05, 0) is 56.2 Å². The fraction of sp³-hybridized carbons (Fsp3) is 0.300. The number of hydrogen-bond donors (Lipinski definition) is 0. The maximum absolute atomic E-state index is 6.26. The van der Waals surface area contributed by atoms with E-state index in [1.54, 1.807) is 11.8 Å². The van der Waals surface area contributed by atoms with Crippen LogP contribution in [0.15, 0.2) is 52.1 Å². The van der Waals surface area contributed by atoms with Crippen molar-refractivity contribution in [2.24, 2.45) is 0 Å². The number of thioether (sulfide) groups is 1. The molecular formula is C20H21BrClN3OS. The van der Waals surface area contributed by atoms with E-state index in [0.29, 0.717) is 10.8 Å². The molecule has 1 atom stereocenters. The van der Waals surface area contributed by atoms with Crippen molar-refractivity contribution < 1.29 is 4.74 Å². The van der Waals surface area contributed by atoms with Gasteiger partial charge in [-0.2, -0.15) is 0 Å². The molecule has 4 nitrogen and oxygen atoms in total. The van der Waals surface area contributed by atoms with Gasteiger partial charge in [0.2, 0.25) is 0 Å². The third-order valence-electron chi connectivity index (χ3n) is 4.07. The molecule has 3 rings (SSSR count). The van der Waals surface area contributed by atoms with E-state index in [-0.39, 0.29) is 6.10 Å². The standard InChI is InChI=1S/C20H21BrClN3OS/c1-4-25-19(14(3)26-18-10-13(2)8-9-17(18)22)23-24-20(25)27-12-15-6-5-7-16(21)11-15/h5-11,14H,4,12H2,1-3H3. The molecule has 0 aliphatic rings. The van der Waals surface area contributed by atoms with Crippen LogP contribution in [0.25, 0.3) is 0 Å². The summed E-state index contributed by atoms with van der Waals surface area (Å²) in [6, 6.07) is 14.0. The summed E-state index contributed by atoms with van der Waals surface area (Å²) < 4.78 is 9.25. The second kappa shape index (κ2) is 9.13. The summed E-state index contributed by atoms with van der Waals surface area (Å²) in [5.74, 6) is 2.29. The van der Waals surface area contributed by atoms with Crippen LogP contribution in [0, 0.1) is 6.92 Å². The first-order chi connectivity index (χ1) is 13.0. The molecule has 0 bridgehead atoms. The largest absolute Gasteiger partial charge is 0.481 e. The van der Waals surface area contributed by atoms with Crippen LogP contribution in [0.3, 0.4) is 0 Å². The summed E-state index contributed by atoms with van der Waals surface area (Å²) in [4.78, 5) is 0. The lowest BCUT2D eigenvalue weighted by Crippen LogP contribution is -2.12. The van der Waals surface area contributed by atoms with Gasteiger partial charge in [0.25, 0.3) is 0 Å². The highest BCUT2D eigenvalue weighted by atomic mass is 79.9. The average Bonchev–Trinajstić information content (AvgIpc) is 3.06. The Morgan fingerprint density at radius 1 is 1.22 bits per heavy atom. The van der Waals surface area contributed by atoms with Crippen LogP contribution in [0.2, 0.25) is 5.02 Å². The molecule has 0 spiro atoms. The molecule has 3 aromatic rings. The molecule has 0 N–H and O–H groups in total. The molecule has 0 amide bonds. The van der Waals surface area contributed by atoms with Gasteiger partial charge in [0, 0.05) is 16.8 Å². The van der Waals surface area contributed by atoms with Crippen molar-refractivity contribution in [1.29, 1.82) is 0 Å². The molecule has 0 saturated carbocycles. The van der Waals surface area contributed by atoms with Gasteiger partial charge in [-0.1, -0.05) is 57.5 Å². The topological polar surface area (TPSA) is 39.9 Å². The van der Waals surface area contributed by atoms with Crippen molar-refractivity contribution in [3.8, 4) is 5.75 Å². The van der Waals surface area contributed by atoms with Crippen LogP contribution in [0.4, 0.5) is 0 Å². The molecule has 1 heterocycles. The fourth-order valence-electron chi connectivity index (χ4n) is 2.72. The van der Waals surface area contributed by atoms with Crippen LogP contribution in [0.1, 0.15) is 36.9 Å². The second-order valence-corrected chi connectivity index (χ2v) is 8.46. The van der Waals surface area contributed by atoms with E-state index >= 15 is 0 Å². The van der Waals surface area contributed by atoms with Crippen molar-refractivity contribution in [2.45, 2.75) is 44.3 Å². The summed E-state index contributed by atoms with van der Waals surface area (Å²) in [6.07, 6.45) is -0.253. The van der Waals surface area contributed by atoms with Gasteiger partial charge in [0.05, 0.1) is 5.02 Å². The highest BCUT2D eigenvalue weighted by Crippen LogP contribution is 2.31. The van der Waals surface area contributed by atoms with Gasteiger partial charge in [0.15, 0.2) is 17.1 Å². The first-order valence-corrected chi connectivity index (χ1v) is 10.9. The third-order valence-corrected chi connectivity index (χ3v) is 5.92. The Kier molecular flexibility index (Phi) is 6.84. The molecular weight excluding hydrogens is 446 g/mol. The number of nitrogens with zero attached hydrogens (tertiary/aromatic N) is 3. The van der Waals surface area contributed by atoms with E-state index in [0.717, 1.165) is 33.3 Å². The van der Waals surface area contributed by atoms with Crippen LogP contribution in [-0.4, -0.2) is 14.8 Å². The minimum Gasteiger partial charge on any atom is -0.481 e. The lowest BCUT2D eigenvalue weighted by atomic mass is 10.2. The number of aryl methyl sites for hydroxylation is 1. The Hall–Kier alpha value is -1.50. The highest BCUT2D eigenvalue weighted by Gasteiger charge is 2.19. The Bertz CT molecular complexity index is 931. The van der Waals surface area contributed by atoms with E-state index < -0.39 is 0 Å². The summed E-state index contributed by atoms with van der Waals surface area (Å²) in [6.45, 7) is 6.84. The zero-order valence-electron chi connectivity index (χ0n) is 15.4. The molecule has 0 aliphatic carbocycles. The van der Waals surface area contributed by atoms with E-state index in [1.807, 2.05) is 44.2 Å². The van der Waals surface area contributed by atoms with E-state index in [1.165, 1.54) is 5.56 Å². The zero-order chi connectivity index (χ0) is 19.4. The van der Waals surface area contributed by atoms with Crippen molar-refractivity contribution in [3.05, 3.63) is 68.9 Å². The maximum atomic E-state index is 6.26. The van der Waals surface area contributed by atoms with Gasteiger partial charge >= 0.3 is 0 Å². The number of halogens is 2. The normalized spacial score (nSPS) is 12.2. The molecule has 0 fully saturated rings. The van der Waals surface area contributed by atoms with Gasteiger partial charge in [0.1, 0.15) is 5.75 Å². The van der Waals surface area contributed by atoms with Crippen LogP contribution >= 0.6 is 39.3 Å². The molecule has 27 heavy (non-hydrogen) atoms. The summed E-state index contributed by atoms with van der Waals surface area (Å²) in [5.41, 5.74) is 2.33. The van der Waals surface area contributed by atoms with Crippen LogP contribution in [-0.2, 0) is 12.3 Å². The Morgan fingerprint density at radius 2 is 2.04 bits per heavy atom. The van der Waals surface area contributed by atoms with Crippen molar-refractivity contribution in [1.82, 2.24) is 14.8 Å². The third kappa shape index (κ3) is 5.06. The van der Waals surface area contributed by atoms with E-state index in [9.17, 15) is 0 Å². The van der Waals surface area contributed by atoms with Crippen molar-refractivity contribution >= 4 is 39.3 Å². The Morgan fingerprint density at radius 3 is 2.78 bits per heavy atom. The number of rotatable bonds is 7. The van der Waals surface area contributed by atoms with Crippen molar-refractivity contribution in [3.63, 3.8) is 0 Å².